The van der Waals surface area contributed by atoms with Gasteiger partial charge in [0, 0.05) is 13.0 Å². The van der Waals surface area contributed by atoms with Crippen molar-refractivity contribution in [2.24, 2.45) is 0 Å². The molecule has 104 valence electrons. The molecule has 0 aromatic heterocycles. The predicted octanol–water partition coefficient (Wildman–Crippen LogP) is 1.34. The number of carbonyl (C=O) groups excluding carboxylic acids is 1. The lowest BCUT2D eigenvalue weighted by molar-refractivity contribution is -0.121. The Labute approximate surface area is 113 Å². The molecular weight excluding hydrogens is 244 g/mol. The van der Waals surface area contributed by atoms with Crippen molar-refractivity contribution in [3.63, 3.8) is 0 Å². The summed E-state index contributed by atoms with van der Waals surface area (Å²) in [7, 11) is 1.88. The maximum Gasteiger partial charge on any atom is 0.231 e. The van der Waals surface area contributed by atoms with E-state index in [-0.39, 0.29) is 12.7 Å². The molecule has 1 aliphatic heterocycles. The third-order valence-electron chi connectivity index (χ3n) is 3.14. The molecule has 1 aliphatic rings. The van der Waals surface area contributed by atoms with Gasteiger partial charge in [0.1, 0.15) is 0 Å². The van der Waals surface area contributed by atoms with Crippen LogP contribution in [0.1, 0.15) is 24.0 Å². The van der Waals surface area contributed by atoms with Gasteiger partial charge in [-0.05, 0) is 50.2 Å². The summed E-state index contributed by atoms with van der Waals surface area (Å²) in [6.45, 7) is 3.66. The second-order valence-electron chi connectivity index (χ2n) is 4.62. The third kappa shape index (κ3) is 3.61. The second kappa shape index (κ2) is 6.43. The van der Waals surface area contributed by atoms with Crippen molar-refractivity contribution in [2.45, 2.75) is 26.3 Å². The molecule has 2 N–H and O–H groups in total. The Morgan fingerprint density at radius 2 is 2.05 bits per heavy atom. The molecule has 19 heavy (non-hydrogen) atoms. The normalized spacial score (nSPS) is 12.5. The highest BCUT2D eigenvalue weighted by Crippen LogP contribution is 2.34. The van der Waals surface area contributed by atoms with Crippen molar-refractivity contribution in [2.75, 3.05) is 20.4 Å². The summed E-state index contributed by atoms with van der Waals surface area (Å²) in [6, 6.07) is 3.89. The topological polar surface area (TPSA) is 59.6 Å². The monoisotopic (exact) mass is 264 g/mol. The van der Waals surface area contributed by atoms with Crippen molar-refractivity contribution in [1.82, 2.24) is 10.6 Å². The van der Waals surface area contributed by atoms with Crippen molar-refractivity contribution in [3.8, 4) is 11.5 Å². The summed E-state index contributed by atoms with van der Waals surface area (Å²) in [5.41, 5.74) is 2.16. The molecule has 1 aromatic carbocycles. The molecule has 0 unspecified atom stereocenters. The minimum absolute atomic E-state index is 0.0762. The largest absolute Gasteiger partial charge is 0.454 e. The molecule has 0 bridgehead atoms. The molecule has 0 saturated carbocycles. The summed E-state index contributed by atoms with van der Waals surface area (Å²) in [5.74, 6) is 1.61. The fraction of sp³-hybridized carbons (Fsp3) is 0.500. The van der Waals surface area contributed by atoms with Gasteiger partial charge in [-0.3, -0.25) is 4.79 Å². The van der Waals surface area contributed by atoms with Crippen molar-refractivity contribution in [3.05, 3.63) is 23.3 Å². The van der Waals surface area contributed by atoms with E-state index in [0.717, 1.165) is 35.6 Å². The Balaban J connectivity index is 1.87. The molecule has 2 rings (SSSR count). The molecule has 1 amide bonds. The molecule has 0 saturated heterocycles. The number of ether oxygens (including phenoxy) is 2. The summed E-state index contributed by atoms with van der Waals surface area (Å²) in [5, 5.41) is 5.95. The van der Waals surface area contributed by atoms with Crippen LogP contribution >= 0.6 is 0 Å². The number of aryl methyl sites for hydroxylation is 1. The zero-order chi connectivity index (χ0) is 13.7. The van der Waals surface area contributed by atoms with Crippen LogP contribution in [-0.4, -0.2) is 26.3 Å². The summed E-state index contributed by atoms with van der Waals surface area (Å²) in [4.78, 5) is 11.6. The number of hydrogen-bond acceptors (Lipinski definition) is 4. The van der Waals surface area contributed by atoms with Crippen molar-refractivity contribution in [1.29, 1.82) is 0 Å². The summed E-state index contributed by atoms with van der Waals surface area (Å²) >= 11 is 0. The third-order valence-corrected chi connectivity index (χ3v) is 3.14. The highest BCUT2D eigenvalue weighted by Gasteiger charge is 2.15. The lowest BCUT2D eigenvalue weighted by Crippen LogP contribution is -2.24. The van der Waals surface area contributed by atoms with Crippen LogP contribution in [0.4, 0.5) is 0 Å². The molecule has 1 aromatic rings. The maximum atomic E-state index is 11.6. The van der Waals surface area contributed by atoms with E-state index < -0.39 is 0 Å². The van der Waals surface area contributed by atoms with Crippen molar-refractivity contribution >= 4 is 5.91 Å². The average molecular weight is 264 g/mol. The molecule has 5 heteroatoms. The molecule has 0 radical (unpaired) electrons. The van der Waals surface area contributed by atoms with Gasteiger partial charge >= 0.3 is 0 Å². The van der Waals surface area contributed by atoms with Crippen LogP contribution in [0.25, 0.3) is 0 Å². The van der Waals surface area contributed by atoms with Gasteiger partial charge in [0.15, 0.2) is 11.5 Å². The van der Waals surface area contributed by atoms with Gasteiger partial charge in [-0.15, -0.1) is 0 Å². The van der Waals surface area contributed by atoms with E-state index in [1.165, 1.54) is 0 Å². The summed E-state index contributed by atoms with van der Waals surface area (Å²) < 4.78 is 10.6. The van der Waals surface area contributed by atoms with Crippen LogP contribution in [0.15, 0.2) is 12.1 Å². The minimum atomic E-state index is 0.0762. The van der Waals surface area contributed by atoms with E-state index in [2.05, 4.69) is 10.6 Å². The molecule has 5 nitrogen and oxygen atoms in total. The van der Waals surface area contributed by atoms with E-state index in [4.69, 9.17) is 9.47 Å². The molecule has 0 spiro atoms. The van der Waals surface area contributed by atoms with Gasteiger partial charge in [-0.1, -0.05) is 0 Å². The summed E-state index contributed by atoms with van der Waals surface area (Å²) in [6.07, 6.45) is 1.40. The first kappa shape index (κ1) is 13.7. The van der Waals surface area contributed by atoms with E-state index in [1.807, 2.05) is 26.1 Å². The van der Waals surface area contributed by atoms with Gasteiger partial charge in [-0.25, -0.2) is 0 Å². The zero-order valence-corrected chi connectivity index (χ0v) is 11.4. The number of hydrogen-bond donors (Lipinski definition) is 2. The zero-order valence-electron chi connectivity index (χ0n) is 11.4. The Bertz CT molecular complexity index is 460. The highest BCUT2D eigenvalue weighted by molar-refractivity contribution is 5.75. The van der Waals surface area contributed by atoms with Gasteiger partial charge in [0.25, 0.3) is 0 Å². The second-order valence-corrected chi connectivity index (χ2v) is 4.62. The molecule has 1 heterocycles. The number of carbonyl (C=O) groups is 1. The first-order valence-electron chi connectivity index (χ1n) is 6.51. The predicted molar refractivity (Wildman–Crippen MR) is 72.3 cm³/mol. The quantitative estimate of drug-likeness (QED) is 0.761. The van der Waals surface area contributed by atoms with Gasteiger partial charge in [0.2, 0.25) is 12.7 Å². The lowest BCUT2D eigenvalue weighted by Gasteiger charge is -2.09. The van der Waals surface area contributed by atoms with Crippen LogP contribution < -0.4 is 20.1 Å². The van der Waals surface area contributed by atoms with Gasteiger partial charge in [-0.2, -0.15) is 0 Å². The van der Waals surface area contributed by atoms with Crippen LogP contribution in [0, 0.1) is 6.92 Å². The Kier molecular flexibility index (Phi) is 4.63. The van der Waals surface area contributed by atoms with Gasteiger partial charge < -0.3 is 20.1 Å². The smallest absolute Gasteiger partial charge is 0.231 e. The highest BCUT2D eigenvalue weighted by atomic mass is 16.7. The molecule has 0 fully saturated rings. The van der Waals surface area contributed by atoms with Crippen LogP contribution in [0.2, 0.25) is 0 Å². The SMILES string of the molecule is CNCCCC(=O)NCc1cc2c(cc1C)OCO2. The molecular formula is C14H20N2O3. The fourth-order valence-electron chi connectivity index (χ4n) is 1.98. The van der Waals surface area contributed by atoms with E-state index in [9.17, 15) is 4.79 Å². The van der Waals surface area contributed by atoms with Crippen LogP contribution in [0.5, 0.6) is 11.5 Å². The number of amides is 1. The van der Waals surface area contributed by atoms with E-state index >= 15 is 0 Å². The Morgan fingerprint density at radius 3 is 2.79 bits per heavy atom. The first-order chi connectivity index (χ1) is 9.20. The number of nitrogens with one attached hydrogen (secondary N) is 2. The van der Waals surface area contributed by atoms with Gasteiger partial charge in [0.05, 0.1) is 0 Å². The van der Waals surface area contributed by atoms with E-state index in [0.29, 0.717) is 13.0 Å². The van der Waals surface area contributed by atoms with Crippen molar-refractivity contribution < 1.29 is 14.3 Å². The number of fused-ring (bicyclic) bond motifs is 1. The lowest BCUT2D eigenvalue weighted by atomic mass is 10.1. The minimum Gasteiger partial charge on any atom is -0.454 e. The standard InChI is InChI=1S/C14H20N2O3/c1-10-6-12-13(19-9-18-12)7-11(10)8-16-14(17)4-3-5-15-2/h6-7,15H,3-5,8-9H2,1-2H3,(H,16,17). The average Bonchev–Trinajstić information content (AvgIpc) is 2.83. The first-order valence-corrected chi connectivity index (χ1v) is 6.51. The van der Waals surface area contributed by atoms with Crippen LogP contribution in [0.3, 0.4) is 0 Å². The Morgan fingerprint density at radius 1 is 1.32 bits per heavy atom. The van der Waals surface area contributed by atoms with E-state index in [1.54, 1.807) is 0 Å². The Hall–Kier alpha value is -1.75. The maximum absolute atomic E-state index is 11.6. The molecule has 0 aliphatic carbocycles. The molecule has 0 atom stereocenters. The van der Waals surface area contributed by atoms with Crippen LogP contribution in [-0.2, 0) is 11.3 Å². The number of rotatable bonds is 6. The fourth-order valence-corrected chi connectivity index (χ4v) is 1.98. The number of benzene rings is 1.